The molecule has 0 aliphatic carbocycles. The SMILES string of the molecule is O=C(CN1CCC[C@@H]1C(=O)O)Nc1ccccc1. The van der Waals surface area contributed by atoms with E-state index in [2.05, 4.69) is 5.32 Å². The van der Waals surface area contributed by atoms with Crippen LogP contribution in [0.15, 0.2) is 30.3 Å². The lowest BCUT2D eigenvalue weighted by Crippen LogP contribution is -2.40. The van der Waals surface area contributed by atoms with Crippen LogP contribution in [0, 0.1) is 0 Å². The van der Waals surface area contributed by atoms with E-state index in [1.165, 1.54) is 0 Å². The van der Waals surface area contributed by atoms with E-state index in [0.29, 0.717) is 13.0 Å². The van der Waals surface area contributed by atoms with Crippen molar-refractivity contribution in [3.05, 3.63) is 30.3 Å². The number of likely N-dealkylation sites (tertiary alicyclic amines) is 1. The molecule has 0 spiro atoms. The summed E-state index contributed by atoms with van der Waals surface area (Å²) in [5, 5.41) is 11.8. The van der Waals surface area contributed by atoms with Gasteiger partial charge in [0.1, 0.15) is 6.04 Å². The molecule has 1 amide bonds. The second-order valence-corrected chi connectivity index (χ2v) is 4.38. The Morgan fingerprint density at radius 2 is 2.06 bits per heavy atom. The van der Waals surface area contributed by atoms with E-state index in [1.807, 2.05) is 18.2 Å². The molecule has 0 bridgehead atoms. The number of carbonyl (C=O) groups excluding carboxylic acids is 1. The van der Waals surface area contributed by atoms with Gasteiger partial charge >= 0.3 is 5.97 Å². The Kier molecular flexibility index (Phi) is 3.94. The van der Waals surface area contributed by atoms with E-state index in [-0.39, 0.29) is 12.5 Å². The molecule has 2 N–H and O–H groups in total. The second-order valence-electron chi connectivity index (χ2n) is 4.38. The average Bonchev–Trinajstić information content (AvgIpc) is 2.78. The first kappa shape index (κ1) is 12.6. The van der Waals surface area contributed by atoms with Crippen LogP contribution in [0.25, 0.3) is 0 Å². The van der Waals surface area contributed by atoms with Crippen LogP contribution >= 0.6 is 0 Å². The summed E-state index contributed by atoms with van der Waals surface area (Å²) in [6, 6.07) is 8.63. The fraction of sp³-hybridized carbons (Fsp3) is 0.385. The molecular weight excluding hydrogens is 232 g/mol. The van der Waals surface area contributed by atoms with Gasteiger partial charge in [-0.3, -0.25) is 14.5 Å². The van der Waals surface area contributed by atoms with Crippen molar-refractivity contribution in [2.24, 2.45) is 0 Å². The molecule has 2 rings (SSSR count). The highest BCUT2D eigenvalue weighted by Gasteiger charge is 2.31. The van der Waals surface area contributed by atoms with Crippen LogP contribution in [0.1, 0.15) is 12.8 Å². The largest absolute Gasteiger partial charge is 0.480 e. The van der Waals surface area contributed by atoms with Gasteiger partial charge in [-0.15, -0.1) is 0 Å². The molecule has 1 aliphatic rings. The van der Waals surface area contributed by atoms with Crippen molar-refractivity contribution in [2.75, 3.05) is 18.4 Å². The molecule has 1 fully saturated rings. The van der Waals surface area contributed by atoms with E-state index in [9.17, 15) is 9.59 Å². The van der Waals surface area contributed by atoms with Gasteiger partial charge in [-0.2, -0.15) is 0 Å². The summed E-state index contributed by atoms with van der Waals surface area (Å²) in [5.74, 6) is -1.02. The number of carbonyl (C=O) groups is 2. The van der Waals surface area contributed by atoms with Crippen LogP contribution in [0.4, 0.5) is 5.69 Å². The Morgan fingerprint density at radius 3 is 2.72 bits per heavy atom. The fourth-order valence-electron chi connectivity index (χ4n) is 2.20. The molecular formula is C13H16N2O3. The number of nitrogens with one attached hydrogen (secondary N) is 1. The number of para-hydroxylation sites is 1. The molecule has 0 radical (unpaired) electrons. The number of hydrogen-bond donors (Lipinski definition) is 2. The van der Waals surface area contributed by atoms with Crippen molar-refractivity contribution in [1.82, 2.24) is 4.90 Å². The van der Waals surface area contributed by atoms with Gasteiger partial charge in [0.05, 0.1) is 6.54 Å². The lowest BCUT2D eigenvalue weighted by molar-refractivity contribution is -0.142. The topological polar surface area (TPSA) is 69.6 Å². The third kappa shape index (κ3) is 3.07. The number of aliphatic carboxylic acids is 1. The number of benzene rings is 1. The summed E-state index contributed by atoms with van der Waals surface area (Å²) in [6.07, 6.45) is 1.45. The van der Waals surface area contributed by atoms with Crippen LogP contribution in [0.3, 0.4) is 0 Å². The molecule has 5 nitrogen and oxygen atoms in total. The first-order valence-corrected chi connectivity index (χ1v) is 5.98. The van der Waals surface area contributed by atoms with Crippen LogP contribution in [-0.2, 0) is 9.59 Å². The lowest BCUT2D eigenvalue weighted by atomic mass is 10.2. The van der Waals surface area contributed by atoms with E-state index in [0.717, 1.165) is 12.1 Å². The molecule has 1 aliphatic heterocycles. The Labute approximate surface area is 105 Å². The first-order chi connectivity index (χ1) is 8.66. The van der Waals surface area contributed by atoms with Gasteiger partial charge in [0.2, 0.25) is 5.91 Å². The van der Waals surface area contributed by atoms with E-state index < -0.39 is 12.0 Å². The summed E-state index contributed by atoms with van der Waals surface area (Å²) < 4.78 is 0. The predicted molar refractivity (Wildman–Crippen MR) is 67.3 cm³/mol. The maximum atomic E-state index is 11.8. The zero-order chi connectivity index (χ0) is 13.0. The minimum Gasteiger partial charge on any atom is -0.480 e. The molecule has 5 heteroatoms. The zero-order valence-electron chi connectivity index (χ0n) is 10.0. The summed E-state index contributed by atoms with van der Waals surface area (Å²) in [4.78, 5) is 24.5. The molecule has 96 valence electrons. The molecule has 1 aromatic carbocycles. The van der Waals surface area contributed by atoms with Crippen molar-refractivity contribution >= 4 is 17.6 Å². The highest BCUT2D eigenvalue weighted by Crippen LogP contribution is 2.17. The van der Waals surface area contributed by atoms with E-state index >= 15 is 0 Å². The summed E-state index contributed by atoms with van der Waals surface area (Å²) in [5.41, 5.74) is 0.730. The van der Waals surface area contributed by atoms with E-state index in [4.69, 9.17) is 5.11 Å². The number of carboxylic acid groups (broad SMARTS) is 1. The third-order valence-electron chi connectivity index (χ3n) is 3.05. The predicted octanol–water partition coefficient (Wildman–Crippen LogP) is 1.17. The summed E-state index contributed by atoms with van der Waals surface area (Å²) >= 11 is 0. The van der Waals surface area contributed by atoms with Crippen LogP contribution in [-0.4, -0.2) is 41.0 Å². The van der Waals surface area contributed by atoms with Crippen molar-refractivity contribution in [2.45, 2.75) is 18.9 Å². The van der Waals surface area contributed by atoms with Gasteiger partial charge in [0.25, 0.3) is 0 Å². The van der Waals surface area contributed by atoms with Gasteiger partial charge in [-0.1, -0.05) is 18.2 Å². The van der Waals surface area contributed by atoms with Gasteiger partial charge in [0, 0.05) is 5.69 Å². The highest BCUT2D eigenvalue weighted by atomic mass is 16.4. The number of hydrogen-bond acceptors (Lipinski definition) is 3. The minimum atomic E-state index is -0.847. The minimum absolute atomic E-state index is 0.131. The van der Waals surface area contributed by atoms with Gasteiger partial charge in [-0.25, -0.2) is 0 Å². The van der Waals surface area contributed by atoms with Crippen LogP contribution in [0.5, 0.6) is 0 Å². The van der Waals surface area contributed by atoms with E-state index in [1.54, 1.807) is 17.0 Å². The quantitative estimate of drug-likeness (QED) is 0.839. The lowest BCUT2D eigenvalue weighted by Gasteiger charge is -2.20. The van der Waals surface area contributed by atoms with Crippen LogP contribution in [0.2, 0.25) is 0 Å². The van der Waals surface area contributed by atoms with Gasteiger partial charge < -0.3 is 10.4 Å². The van der Waals surface area contributed by atoms with Crippen molar-refractivity contribution < 1.29 is 14.7 Å². The van der Waals surface area contributed by atoms with Crippen molar-refractivity contribution in [3.8, 4) is 0 Å². The standard InChI is InChI=1S/C13H16N2O3/c16-12(14-10-5-2-1-3-6-10)9-15-8-4-7-11(15)13(17)18/h1-3,5-6,11H,4,7-9H2,(H,14,16)(H,17,18)/t11-/m1/s1. The molecule has 0 aromatic heterocycles. The monoisotopic (exact) mass is 248 g/mol. The van der Waals surface area contributed by atoms with Gasteiger partial charge in [0.15, 0.2) is 0 Å². The number of amides is 1. The molecule has 0 unspecified atom stereocenters. The maximum absolute atomic E-state index is 11.8. The smallest absolute Gasteiger partial charge is 0.320 e. The summed E-state index contributed by atoms with van der Waals surface area (Å²) in [7, 11) is 0. The number of rotatable bonds is 4. The van der Waals surface area contributed by atoms with Crippen molar-refractivity contribution in [3.63, 3.8) is 0 Å². The average molecular weight is 248 g/mol. The number of carboxylic acids is 1. The molecule has 0 saturated carbocycles. The number of nitrogens with zero attached hydrogens (tertiary/aromatic N) is 1. The Hall–Kier alpha value is -1.88. The molecule has 1 saturated heterocycles. The first-order valence-electron chi connectivity index (χ1n) is 5.98. The third-order valence-corrected chi connectivity index (χ3v) is 3.05. The normalized spacial score (nSPS) is 19.7. The van der Waals surface area contributed by atoms with Crippen molar-refractivity contribution in [1.29, 1.82) is 0 Å². The molecule has 1 heterocycles. The second kappa shape index (κ2) is 5.64. The number of anilines is 1. The Bertz CT molecular complexity index is 433. The summed E-state index contributed by atoms with van der Waals surface area (Å²) in [6.45, 7) is 0.797. The molecule has 18 heavy (non-hydrogen) atoms. The maximum Gasteiger partial charge on any atom is 0.320 e. The molecule has 1 atom stereocenters. The highest BCUT2D eigenvalue weighted by molar-refractivity contribution is 5.92. The Morgan fingerprint density at radius 1 is 1.33 bits per heavy atom. The molecule has 1 aromatic rings. The van der Waals surface area contributed by atoms with Crippen LogP contribution < -0.4 is 5.32 Å². The Balaban J connectivity index is 1.90. The zero-order valence-corrected chi connectivity index (χ0v) is 10.0. The van der Waals surface area contributed by atoms with Gasteiger partial charge in [-0.05, 0) is 31.5 Å². The fourth-order valence-corrected chi connectivity index (χ4v) is 2.20.